The molecule has 9 nitrogen and oxygen atoms in total. The van der Waals surface area contributed by atoms with E-state index in [1.54, 1.807) is 6.92 Å². The average Bonchev–Trinajstić information content (AvgIpc) is 2.98. The molecule has 0 aliphatic heterocycles. The molecule has 27 heavy (non-hydrogen) atoms. The molecule has 146 valence electrons. The number of nitrogens with one attached hydrogen (secondary N) is 1. The van der Waals surface area contributed by atoms with E-state index in [4.69, 9.17) is 4.74 Å². The summed E-state index contributed by atoms with van der Waals surface area (Å²) in [6.07, 6.45) is 4.24. The van der Waals surface area contributed by atoms with Gasteiger partial charge >= 0.3 is 5.97 Å². The summed E-state index contributed by atoms with van der Waals surface area (Å²) in [5.41, 5.74) is -0.537. The van der Waals surface area contributed by atoms with Crippen LogP contribution in [0.5, 0.6) is 0 Å². The molecule has 11 heteroatoms. The molecule has 0 radical (unpaired) electrons. The Hall–Kier alpha value is -2.27. The molecule has 2 heterocycles. The van der Waals surface area contributed by atoms with Gasteiger partial charge in [-0.2, -0.15) is 0 Å². The number of sulfone groups is 1. The number of aryl methyl sites for hydroxylation is 2. The Morgan fingerprint density at radius 2 is 2.00 bits per heavy atom. The van der Waals surface area contributed by atoms with Crippen molar-refractivity contribution in [3.63, 3.8) is 0 Å². The van der Waals surface area contributed by atoms with Gasteiger partial charge in [-0.05, 0) is 32.6 Å². The second-order valence-corrected chi connectivity index (χ2v) is 9.15. The molecule has 0 spiro atoms. The van der Waals surface area contributed by atoms with Gasteiger partial charge in [-0.1, -0.05) is 0 Å². The lowest BCUT2D eigenvalue weighted by atomic mass is 10.0. The molecule has 0 saturated carbocycles. The van der Waals surface area contributed by atoms with Crippen LogP contribution < -0.4 is 10.9 Å². The maximum Gasteiger partial charge on any atom is 0.325 e. The Kier molecular flexibility index (Phi) is 5.33. The lowest BCUT2D eigenvalue weighted by Crippen LogP contribution is -2.37. The Bertz CT molecular complexity index is 1080. The van der Waals surface area contributed by atoms with Crippen molar-refractivity contribution in [3.8, 4) is 0 Å². The predicted molar refractivity (Wildman–Crippen MR) is 98.1 cm³/mol. The molecule has 3 rings (SSSR count). The van der Waals surface area contributed by atoms with E-state index in [1.807, 2.05) is 0 Å². The quantitative estimate of drug-likeness (QED) is 0.553. The van der Waals surface area contributed by atoms with Crippen molar-refractivity contribution in [2.24, 2.45) is 0 Å². The van der Waals surface area contributed by atoms with Crippen LogP contribution in [0.15, 0.2) is 9.82 Å². The summed E-state index contributed by atoms with van der Waals surface area (Å²) in [5, 5.41) is 1.67. The third-order valence-electron chi connectivity index (χ3n) is 4.17. The lowest BCUT2D eigenvalue weighted by molar-refractivity contribution is -0.141. The number of hydrogen-bond acceptors (Lipinski definition) is 8. The number of fused-ring (bicyclic) bond motifs is 3. The van der Waals surface area contributed by atoms with Gasteiger partial charge in [0.2, 0.25) is 0 Å². The van der Waals surface area contributed by atoms with Gasteiger partial charge in [-0.3, -0.25) is 18.8 Å². The fourth-order valence-electron chi connectivity index (χ4n) is 3.02. The number of thiazole rings is 1. The number of rotatable bonds is 5. The Balaban J connectivity index is 2.14. The maximum absolute atomic E-state index is 13.0. The summed E-state index contributed by atoms with van der Waals surface area (Å²) in [7, 11) is -3.94. The van der Waals surface area contributed by atoms with Crippen LogP contribution in [0.3, 0.4) is 0 Å². The standard InChI is InChI=1S/C16H19N3O6S2/c1-3-25-11(20)8-17-13(21)12-14(27(2,23)24)18-16-19(15(12)22)9-6-4-5-7-10(9)26-16/h3-8H2,1-2H3,(H,17,21). The topological polar surface area (TPSA) is 124 Å². The van der Waals surface area contributed by atoms with Crippen LogP contribution >= 0.6 is 11.3 Å². The Morgan fingerprint density at radius 3 is 2.67 bits per heavy atom. The summed E-state index contributed by atoms with van der Waals surface area (Å²) in [6.45, 7) is 1.28. The number of carbonyl (C=O) groups is 2. The smallest absolute Gasteiger partial charge is 0.325 e. The largest absolute Gasteiger partial charge is 0.465 e. The molecule has 2 aromatic heterocycles. The molecule has 0 bridgehead atoms. The Morgan fingerprint density at radius 1 is 1.30 bits per heavy atom. The van der Waals surface area contributed by atoms with Gasteiger partial charge in [0.15, 0.2) is 19.8 Å². The molecule has 1 N–H and O–H groups in total. The van der Waals surface area contributed by atoms with Gasteiger partial charge in [0.05, 0.1) is 6.61 Å². The number of ether oxygens (including phenoxy) is 1. The van der Waals surface area contributed by atoms with Gasteiger partial charge in [-0.25, -0.2) is 13.4 Å². The van der Waals surface area contributed by atoms with E-state index >= 15 is 0 Å². The monoisotopic (exact) mass is 413 g/mol. The van der Waals surface area contributed by atoms with Crippen LogP contribution in [-0.2, 0) is 32.2 Å². The molecular weight excluding hydrogens is 394 g/mol. The maximum atomic E-state index is 13.0. The highest BCUT2D eigenvalue weighted by Gasteiger charge is 2.29. The van der Waals surface area contributed by atoms with E-state index in [1.165, 1.54) is 15.7 Å². The van der Waals surface area contributed by atoms with Crippen LogP contribution in [-0.4, -0.2) is 49.1 Å². The minimum absolute atomic E-state index is 0.139. The van der Waals surface area contributed by atoms with Gasteiger partial charge in [0, 0.05) is 16.8 Å². The first-order chi connectivity index (χ1) is 12.7. The van der Waals surface area contributed by atoms with Gasteiger partial charge in [-0.15, -0.1) is 11.3 Å². The fraction of sp³-hybridized carbons (Fsp3) is 0.500. The van der Waals surface area contributed by atoms with Crippen LogP contribution in [0.25, 0.3) is 4.96 Å². The first-order valence-corrected chi connectivity index (χ1v) is 11.2. The highest BCUT2D eigenvalue weighted by Crippen LogP contribution is 2.29. The van der Waals surface area contributed by atoms with E-state index in [2.05, 4.69) is 10.3 Å². The molecule has 2 aromatic rings. The number of esters is 1. The zero-order chi connectivity index (χ0) is 19.8. The van der Waals surface area contributed by atoms with E-state index in [9.17, 15) is 22.8 Å². The van der Waals surface area contributed by atoms with Crippen molar-refractivity contribution in [1.29, 1.82) is 0 Å². The molecule has 0 atom stereocenters. The Labute approximate surface area is 159 Å². The zero-order valence-corrected chi connectivity index (χ0v) is 16.5. The van der Waals surface area contributed by atoms with Crippen molar-refractivity contribution in [2.75, 3.05) is 19.4 Å². The lowest BCUT2D eigenvalue weighted by Gasteiger charge is -2.12. The highest BCUT2D eigenvalue weighted by atomic mass is 32.2. The van der Waals surface area contributed by atoms with E-state index in [0.29, 0.717) is 6.42 Å². The number of aromatic nitrogens is 2. The molecule has 1 amide bonds. The number of carbonyl (C=O) groups excluding carboxylic acids is 2. The van der Waals surface area contributed by atoms with E-state index < -0.39 is 44.4 Å². The molecular formula is C16H19N3O6S2. The summed E-state index contributed by atoms with van der Waals surface area (Å²) in [4.78, 5) is 42.4. The van der Waals surface area contributed by atoms with Crippen molar-refractivity contribution in [3.05, 3.63) is 26.5 Å². The van der Waals surface area contributed by atoms with Crippen LogP contribution in [0, 0.1) is 0 Å². The zero-order valence-electron chi connectivity index (χ0n) is 14.9. The van der Waals surface area contributed by atoms with E-state index in [-0.39, 0.29) is 11.6 Å². The molecule has 1 aliphatic carbocycles. The summed E-state index contributed by atoms with van der Waals surface area (Å²) in [6, 6.07) is 0. The predicted octanol–water partition coefficient (Wildman–Crippen LogP) is 0.331. The summed E-state index contributed by atoms with van der Waals surface area (Å²) < 4.78 is 30.4. The third kappa shape index (κ3) is 3.74. The molecule has 0 aromatic carbocycles. The van der Waals surface area contributed by atoms with Crippen LogP contribution in [0.2, 0.25) is 0 Å². The van der Waals surface area contributed by atoms with Crippen LogP contribution in [0.4, 0.5) is 0 Å². The van der Waals surface area contributed by atoms with Gasteiger partial charge in [0.25, 0.3) is 11.5 Å². The van der Waals surface area contributed by atoms with Crippen molar-refractivity contribution in [1.82, 2.24) is 14.7 Å². The molecule has 0 fully saturated rings. The number of nitrogens with zero attached hydrogens (tertiary/aromatic N) is 2. The van der Waals surface area contributed by atoms with Crippen molar-refractivity contribution < 1.29 is 22.7 Å². The highest BCUT2D eigenvalue weighted by molar-refractivity contribution is 7.90. The van der Waals surface area contributed by atoms with Crippen molar-refractivity contribution in [2.45, 2.75) is 37.6 Å². The van der Waals surface area contributed by atoms with Crippen molar-refractivity contribution >= 4 is 38.0 Å². The van der Waals surface area contributed by atoms with Gasteiger partial charge < -0.3 is 10.1 Å². The van der Waals surface area contributed by atoms with Gasteiger partial charge in [0.1, 0.15) is 12.1 Å². The number of hydrogen-bond donors (Lipinski definition) is 1. The number of amides is 1. The SMILES string of the molecule is CCOC(=O)CNC(=O)c1c(S(C)(=O)=O)nc2sc3c(n2c1=O)CCCC3. The minimum atomic E-state index is -3.94. The fourth-order valence-corrected chi connectivity index (χ4v) is 5.08. The molecule has 0 unspecified atom stereocenters. The second kappa shape index (κ2) is 7.39. The average molecular weight is 413 g/mol. The second-order valence-electron chi connectivity index (χ2n) is 6.15. The summed E-state index contributed by atoms with van der Waals surface area (Å²) >= 11 is 1.27. The third-order valence-corrected chi connectivity index (χ3v) is 6.31. The first kappa shape index (κ1) is 19.5. The molecule has 1 aliphatic rings. The first-order valence-electron chi connectivity index (χ1n) is 8.45. The summed E-state index contributed by atoms with van der Waals surface area (Å²) in [5.74, 6) is -1.65. The van der Waals surface area contributed by atoms with E-state index in [0.717, 1.165) is 36.1 Å². The minimum Gasteiger partial charge on any atom is -0.465 e. The normalized spacial score (nSPS) is 14.0. The van der Waals surface area contributed by atoms with Crippen LogP contribution in [0.1, 0.15) is 40.7 Å². The molecule has 0 saturated heterocycles.